The predicted octanol–water partition coefficient (Wildman–Crippen LogP) is 15.5. The highest BCUT2D eigenvalue weighted by Crippen LogP contribution is 2.73. The summed E-state index contributed by atoms with van der Waals surface area (Å²) in [6.07, 6.45) is 20.9. The van der Waals surface area contributed by atoms with E-state index >= 15 is 4.39 Å². The third-order valence-corrected chi connectivity index (χ3v) is 34.3. The fourth-order valence-electron chi connectivity index (χ4n) is 25.8. The van der Waals surface area contributed by atoms with Gasteiger partial charge < -0.3 is 30.6 Å². The van der Waals surface area contributed by atoms with Crippen LogP contribution in [0.25, 0.3) is 32.4 Å². The zero-order chi connectivity index (χ0) is 78.5. The molecule has 3 aromatic carbocycles. The zero-order valence-electron chi connectivity index (χ0n) is 64.7. The Labute approximate surface area is 662 Å². The van der Waals surface area contributed by atoms with Crippen molar-refractivity contribution in [2.24, 2.45) is 91.7 Å². The molecule has 0 radical (unpaired) electrons. The van der Waals surface area contributed by atoms with E-state index < -0.39 is 68.4 Å². The van der Waals surface area contributed by atoms with Crippen LogP contribution in [0.1, 0.15) is 152 Å². The number of para-hydroxylation sites is 1. The number of ketones is 6. The standard InChI is InChI=1S/2C31H35NO4S.C30H34FNO4S/c1-18-14-22-23-9-12-31(36,26(35)17-37-28-21-7-5-4-6-19(21)10-13-32-28)30(23,3)16-25(34)27(22)29(2)11-8-20(33)15-24(18)29;1-18-14-21-22-11-13-31(36,26(35)17-37-27-9-8-19-6-4-5-7-24(19)32-27)30(22,3)16-25(34)28(21)29(2)12-10-20(33)15-23(18)29;1-27-12-9-20(33)15-19(27)7-8-23-22-10-13-29(36,28(22,2)16-24(34)30(23,27)31)25(35)17-37-26-21-6-4-3-5-18(21)11-14-32-26/h4-8,10-11,13,15,18,22-23,25,27,34,36H,9,12,14,16-17H2,1-3H3;4-10,12,15,18,21-22,25,28,34,36H,11,13-14,16-17H2,1-3H3;3-6,11,14-15,22-24,34,36H,7-10,12-13,16-17H2,1-2H3/t18-,22?,23?,25-,27?,29?,30?,31-;18-,21?,22?,25-,28?,29?,30?,31-;22?,23?,24-,27?,28?,29-,30-/m000/s1. The molecule has 14 unspecified atom stereocenters. The maximum atomic E-state index is 17.3. The summed E-state index contributed by atoms with van der Waals surface area (Å²) in [6.45, 7) is 16.5. The maximum absolute atomic E-state index is 17.3. The van der Waals surface area contributed by atoms with Crippen molar-refractivity contribution in [2.75, 3.05) is 17.3 Å². The van der Waals surface area contributed by atoms with Crippen LogP contribution in [-0.4, -0.2) is 138 Å². The number of fused-ring (bicyclic) bond motifs is 18. The van der Waals surface area contributed by atoms with Gasteiger partial charge in [0.1, 0.15) is 32.5 Å². The van der Waals surface area contributed by atoms with Gasteiger partial charge in [-0.2, -0.15) is 0 Å². The molecule has 584 valence electrons. The van der Waals surface area contributed by atoms with Crippen molar-refractivity contribution < 1.29 is 63.8 Å². The SMILES string of the molecule is CC12C[C@H](O)[C@@]3(F)C(CCC4=CC(=O)CCC43C)C1CC[C@]2(O)C(=O)CSc1nccc2ccccc12.C[C@H]1CC2C([C@@H](O)CC3(C)C2CC[C@]3(O)C(=O)CSc2ccc3ccccc3n2)C2(C)C=CC(=O)C=C12.C[C@H]1CC2C([C@@H](O)CC3(C)C2CC[C@]3(O)C(=O)CSc2nccc3ccccc23)C2(C)C=CC(=O)C=C12. The molecule has 12 aliphatic rings. The Morgan fingerprint density at radius 2 is 0.955 bits per heavy atom. The zero-order valence-corrected chi connectivity index (χ0v) is 67.2. The number of nitrogens with zero attached hydrogens (tertiary/aromatic N) is 3. The molecule has 0 saturated heterocycles. The Morgan fingerprint density at radius 3 is 1.46 bits per heavy atom. The number of benzene rings is 3. The highest BCUT2D eigenvalue weighted by atomic mass is 32.2. The minimum atomic E-state index is -1.88. The van der Waals surface area contributed by atoms with Crippen molar-refractivity contribution in [1.29, 1.82) is 0 Å². The molecular weight excluding hydrogens is 1450 g/mol. The normalized spacial score (nSPS) is 40.8. The number of Topliss-reactive ketones (excluding diaryl/α,β-unsaturated/α-hetero) is 3. The molecule has 0 aliphatic heterocycles. The summed E-state index contributed by atoms with van der Waals surface area (Å²) in [5.41, 5.74) is -6.45. The van der Waals surface area contributed by atoms with Crippen LogP contribution in [0.15, 0.2) is 184 Å². The van der Waals surface area contributed by atoms with Crippen molar-refractivity contribution in [3.05, 3.63) is 169 Å². The molecule has 3 heterocycles. The third kappa shape index (κ3) is 12.1. The average molecular weight is 1560 g/mol. The molecule has 6 N–H and O–H groups in total. The van der Waals surface area contributed by atoms with E-state index in [0.29, 0.717) is 51.4 Å². The molecule has 15 nitrogen and oxygen atoms in total. The Kier molecular flexibility index (Phi) is 20.0. The van der Waals surface area contributed by atoms with E-state index in [-0.39, 0.29) is 135 Å². The number of aromatic nitrogens is 3. The van der Waals surface area contributed by atoms with Gasteiger partial charge in [0.25, 0.3) is 0 Å². The van der Waals surface area contributed by atoms with Gasteiger partial charge in [0.05, 0.1) is 46.1 Å². The van der Waals surface area contributed by atoms with E-state index in [2.05, 4.69) is 42.6 Å². The van der Waals surface area contributed by atoms with E-state index in [9.17, 15) is 59.4 Å². The number of allylic oxidation sites excluding steroid dienone is 9. The molecule has 23 atom stereocenters. The first-order valence-corrected chi connectivity index (χ1v) is 43.2. The lowest BCUT2D eigenvalue weighted by atomic mass is 9.44. The minimum absolute atomic E-state index is 0.0203. The Balaban J connectivity index is 0.000000126. The van der Waals surface area contributed by atoms with Crippen LogP contribution in [-0.2, 0) is 28.8 Å². The first kappa shape index (κ1) is 78.2. The number of aliphatic hydroxyl groups excluding tert-OH is 3. The number of carbonyl (C=O) groups is 6. The lowest BCUT2D eigenvalue weighted by Crippen LogP contribution is -2.69. The first-order valence-electron chi connectivity index (χ1n) is 40.3. The van der Waals surface area contributed by atoms with Crippen LogP contribution in [0.3, 0.4) is 0 Å². The van der Waals surface area contributed by atoms with Gasteiger partial charge in [-0.25, -0.2) is 19.3 Å². The largest absolute Gasteiger partial charge is 0.393 e. The molecule has 18 rings (SSSR count). The van der Waals surface area contributed by atoms with Gasteiger partial charge in [-0.05, 0) is 197 Å². The number of aliphatic hydroxyl groups is 6. The highest BCUT2D eigenvalue weighted by molar-refractivity contribution is 8.00. The molecule has 0 spiro atoms. The molecule has 111 heavy (non-hydrogen) atoms. The summed E-state index contributed by atoms with van der Waals surface area (Å²) >= 11 is 4.08. The van der Waals surface area contributed by atoms with Gasteiger partial charge in [-0.1, -0.05) is 192 Å². The van der Waals surface area contributed by atoms with Crippen molar-refractivity contribution in [3.8, 4) is 0 Å². The van der Waals surface area contributed by atoms with Gasteiger partial charge in [0.2, 0.25) is 0 Å². The summed E-state index contributed by atoms with van der Waals surface area (Å²) in [5.74, 6) is 0.178. The quantitative estimate of drug-likeness (QED) is 0.0622. The molecule has 9 fully saturated rings. The fraction of sp³-hybridized carbons (Fsp3) is 0.533. The number of pyridine rings is 3. The van der Waals surface area contributed by atoms with Crippen LogP contribution in [0, 0.1) is 91.7 Å². The molecule has 0 bridgehead atoms. The van der Waals surface area contributed by atoms with E-state index in [1.54, 1.807) is 42.8 Å². The summed E-state index contributed by atoms with van der Waals surface area (Å²) in [6, 6.07) is 31.6. The Bertz CT molecular complexity index is 4990. The summed E-state index contributed by atoms with van der Waals surface area (Å²) in [5, 5.41) is 78.2. The van der Waals surface area contributed by atoms with Crippen LogP contribution < -0.4 is 0 Å². The number of thioether (sulfide) groups is 3. The molecule has 19 heteroatoms. The monoisotopic (exact) mass is 1560 g/mol. The Hall–Kier alpha value is -6.65. The number of hydrogen-bond acceptors (Lipinski definition) is 18. The highest BCUT2D eigenvalue weighted by Gasteiger charge is 2.75. The predicted molar refractivity (Wildman–Crippen MR) is 431 cm³/mol. The smallest absolute Gasteiger partial charge is 0.178 e. The van der Waals surface area contributed by atoms with Gasteiger partial charge in [-0.3, -0.25) is 28.8 Å². The van der Waals surface area contributed by atoms with Crippen molar-refractivity contribution in [3.63, 3.8) is 0 Å². The lowest BCUT2D eigenvalue weighted by Gasteiger charge is -2.63. The molecule has 3 aromatic heterocycles. The summed E-state index contributed by atoms with van der Waals surface area (Å²) in [7, 11) is 0. The number of hydrogen-bond donors (Lipinski definition) is 6. The number of carbonyl (C=O) groups excluding carboxylic acids is 6. The molecular formula is C92H104FN3O12S3. The second kappa shape index (κ2) is 28.4. The topological polar surface area (TPSA) is 262 Å². The van der Waals surface area contributed by atoms with Gasteiger partial charge >= 0.3 is 0 Å². The molecule has 12 aliphatic carbocycles. The molecule has 9 saturated carbocycles. The van der Waals surface area contributed by atoms with Crippen LogP contribution in [0.4, 0.5) is 4.39 Å². The fourth-order valence-corrected chi connectivity index (χ4v) is 28.6. The van der Waals surface area contributed by atoms with Gasteiger partial charge in [0.15, 0.2) is 34.7 Å². The van der Waals surface area contributed by atoms with Crippen molar-refractivity contribution in [1.82, 2.24) is 15.0 Å². The average Bonchev–Trinajstić information content (AvgIpc) is 1.63. The van der Waals surface area contributed by atoms with Crippen LogP contribution in [0.2, 0.25) is 0 Å². The number of alkyl halides is 1. The molecule has 6 aromatic rings. The second-order valence-electron chi connectivity index (χ2n) is 36.5. The van der Waals surface area contributed by atoms with Crippen LogP contribution in [0.5, 0.6) is 0 Å². The van der Waals surface area contributed by atoms with Crippen LogP contribution >= 0.6 is 35.3 Å². The van der Waals surface area contributed by atoms with E-state index in [1.165, 1.54) is 35.3 Å². The maximum Gasteiger partial charge on any atom is 0.178 e. The van der Waals surface area contributed by atoms with Gasteiger partial charge in [0, 0.05) is 85.2 Å². The first-order chi connectivity index (χ1) is 52.7. The van der Waals surface area contributed by atoms with E-state index in [4.69, 9.17) is 0 Å². The minimum Gasteiger partial charge on any atom is -0.393 e. The molecule has 0 amide bonds. The Morgan fingerprint density at radius 1 is 0.505 bits per heavy atom. The van der Waals surface area contributed by atoms with E-state index in [0.717, 1.165) is 89.9 Å². The van der Waals surface area contributed by atoms with E-state index in [1.807, 2.05) is 137 Å². The third-order valence-electron chi connectivity index (χ3n) is 31.4. The number of rotatable bonds is 12. The van der Waals surface area contributed by atoms with Gasteiger partial charge in [-0.15, -0.1) is 0 Å². The summed E-state index contributed by atoms with van der Waals surface area (Å²) in [4.78, 5) is 91.2. The number of halogens is 1. The van der Waals surface area contributed by atoms with Crippen molar-refractivity contribution in [2.45, 2.75) is 208 Å². The summed E-state index contributed by atoms with van der Waals surface area (Å²) < 4.78 is 17.3. The second-order valence-corrected chi connectivity index (χ2v) is 39.4. The lowest BCUT2D eigenvalue weighted by molar-refractivity contribution is -0.225. The van der Waals surface area contributed by atoms with Crippen molar-refractivity contribution >= 4 is 102 Å².